The minimum Gasteiger partial charge on any atom is -0.496 e. The number of hydrogen-bond donors (Lipinski definition) is 0. The highest BCUT2D eigenvalue weighted by molar-refractivity contribution is 5.87. The molecule has 0 N–H and O–H groups in total. The molecule has 3 aromatic rings. The van der Waals surface area contributed by atoms with E-state index in [0.717, 1.165) is 38.5 Å². The van der Waals surface area contributed by atoms with Gasteiger partial charge in [0.15, 0.2) is 0 Å². The number of likely N-dealkylation sites (N-methyl/N-ethyl adjacent to an activating group) is 1. The van der Waals surface area contributed by atoms with Crippen LogP contribution in [0.25, 0.3) is 10.8 Å². The number of hydrogen-bond acceptors (Lipinski definition) is 4. The van der Waals surface area contributed by atoms with E-state index in [4.69, 9.17) is 4.74 Å². The Labute approximate surface area is 174 Å². The van der Waals surface area contributed by atoms with Crippen LogP contribution in [-0.4, -0.2) is 47.6 Å². The van der Waals surface area contributed by atoms with Gasteiger partial charge in [-0.1, -0.05) is 37.3 Å². The molecule has 1 aliphatic heterocycles. The van der Waals surface area contributed by atoms with Crippen molar-refractivity contribution in [1.82, 2.24) is 14.8 Å². The van der Waals surface area contributed by atoms with Crippen LogP contribution >= 0.6 is 0 Å². The molecule has 0 aliphatic carbocycles. The third kappa shape index (κ3) is 4.60. The quantitative estimate of drug-likeness (QED) is 0.584. The van der Waals surface area contributed by atoms with E-state index >= 15 is 0 Å². The van der Waals surface area contributed by atoms with Crippen molar-refractivity contribution in [3.63, 3.8) is 0 Å². The minimum absolute atomic E-state index is 0.586. The van der Waals surface area contributed by atoms with E-state index < -0.39 is 0 Å². The van der Waals surface area contributed by atoms with E-state index in [1.54, 1.807) is 7.11 Å². The molecule has 0 radical (unpaired) electrons. The monoisotopic (exact) mass is 389 g/mol. The lowest BCUT2D eigenvalue weighted by molar-refractivity contribution is 0.0915. The van der Waals surface area contributed by atoms with E-state index in [0.29, 0.717) is 6.04 Å². The number of pyridine rings is 1. The summed E-state index contributed by atoms with van der Waals surface area (Å²) < 4.78 is 5.73. The maximum absolute atomic E-state index is 5.73. The summed E-state index contributed by atoms with van der Waals surface area (Å²) in [4.78, 5) is 9.37. The number of methoxy groups -OCH3 is 1. The highest BCUT2D eigenvalue weighted by Crippen LogP contribution is 2.30. The molecule has 2 heterocycles. The average molecular weight is 390 g/mol. The molecule has 0 saturated carbocycles. The van der Waals surface area contributed by atoms with E-state index in [1.807, 2.05) is 12.4 Å². The standard InChI is InChI=1S/C25H31N3O/c1-3-28(17-20-12-14-26-15-13-20)22-8-6-16-27(18-22)19-24-23-9-5-4-7-21(23)10-11-25(24)29-2/h4-5,7,9-15,22H,3,6,8,16-19H2,1-2H3. The van der Waals surface area contributed by atoms with Gasteiger partial charge >= 0.3 is 0 Å². The van der Waals surface area contributed by atoms with Crippen molar-refractivity contribution in [2.45, 2.75) is 38.9 Å². The molecule has 4 nitrogen and oxygen atoms in total. The predicted molar refractivity (Wildman–Crippen MR) is 119 cm³/mol. The summed E-state index contributed by atoms with van der Waals surface area (Å²) in [5, 5.41) is 2.59. The Hall–Kier alpha value is -2.43. The fraction of sp³-hybridized carbons (Fsp3) is 0.400. The van der Waals surface area contributed by atoms with E-state index in [9.17, 15) is 0 Å². The SMILES string of the molecule is CCN(Cc1ccncc1)C1CCCN(Cc2c(OC)ccc3ccccc23)C1. The molecule has 29 heavy (non-hydrogen) atoms. The first kappa shape index (κ1) is 19.9. The van der Waals surface area contributed by atoms with Crippen LogP contribution in [0.4, 0.5) is 0 Å². The van der Waals surface area contributed by atoms with Crippen LogP contribution in [0.15, 0.2) is 60.9 Å². The number of aromatic nitrogens is 1. The maximum atomic E-state index is 5.73. The second-order valence-corrected chi connectivity index (χ2v) is 7.92. The summed E-state index contributed by atoms with van der Waals surface area (Å²) in [5.41, 5.74) is 2.65. The Bertz CT molecular complexity index is 928. The molecule has 1 aliphatic rings. The van der Waals surface area contributed by atoms with Crippen molar-refractivity contribution in [1.29, 1.82) is 0 Å². The molecule has 4 rings (SSSR count). The van der Waals surface area contributed by atoms with Crippen molar-refractivity contribution >= 4 is 10.8 Å². The van der Waals surface area contributed by atoms with Crippen molar-refractivity contribution in [3.05, 3.63) is 72.1 Å². The molecule has 1 saturated heterocycles. The number of benzene rings is 2. The van der Waals surface area contributed by atoms with Crippen molar-refractivity contribution in [3.8, 4) is 5.75 Å². The number of nitrogens with zero attached hydrogens (tertiary/aromatic N) is 3. The smallest absolute Gasteiger partial charge is 0.123 e. The molecule has 0 amide bonds. The largest absolute Gasteiger partial charge is 0.496 e. The van der Waals surface area contributed by atoms with Crippen molar-refractivity contribution < 1.29 is 4.74 Å². The lowest BCUT2D eigenvalue weighted by Gasteiger charge is -2.39. The Morgan fingerprint density at radius 2 is 1.93 bits per heavy atom. The van der Waals surface area contributed by atoms with Crippen LogP contribution in [0.3, 0.4) is 0 Å². The Kier molecular flexibility index (Phi) is 6.43. The molecule has 1 fully saturated rings. The topological polar surface area (TPSA) is 28.6 Å². The predicted octanol–water partition coefficient (Wildman–Crippen LogP) is 4.73. The summed E-state index contributed by atoms with van der Waals surface area (Å²) in [5.74, 6) is 0.995. The number of ether oxygens (including phenoxy) is 1. The van der Waals surface area contributed by atoms with Gasteiger partial charge in [-0.2, -0.15) is 0 Å². The minimum atomic E-state index is 0.586. The first-order valence-corrected chi connectivity index (χ1v) is 10.7. The number of piperidine rings is 1. The van der Waals surface area contributed by atoms with Crippen LogP contribution in [0.1, 0.15) is 30.9 Å². The fourth-order valence-corrected chi connectivity index (χ4v) is 4.59. The zero-order valence-corrected chi connectivity index (χ0v) is 17.6. The van der Waals surface area contributed by atoms with Crippen molar-refractivity contribution in [2.75, 3.05) is 26.7 Å². The van der Waals surface area contributed by atoms with Gasteiger partial charge in [0.05, 0.1) is 7.11 Å². The molecule has 1 atom stereocenters. The van der Waals surface area contributed by atoms with Gasteiger partial charge in [0.2, 0.25) is 0 Å². The van der Waals surface area contributed by atoms with Gasteiger partial charge in [0.25, 0.3) is 0 Å². The average Bonchev–Trinajstić information content (AvgIpc) is 2.78. The van der Waals surface area contributed by atoms with Gasteiger partial charge in [-0.3, -0.25) is 14.8 Å². The first-order valence-electron chi connectivity index (χ1n) is 10.7. The second-order valence-electron chi connectivity index (χ2n) is 7.92. The normalized spacial score (nSPS) is 17.7. The summed E-state index contributed by atoms with van der Waals surface area (Å²) in [6.07, 6.45) is 6.29. The molecule has 1 unspecified atom stereocenters. The van der Waals surface area contributed by atoms with Crippen LogP contribution in [0.2, 0.25) is 0 Å². The van der Waals surface area contributed by atoms with Crippen molar-refractivity contribution in [2.24, 2.45) is 0 Å². The fourth-order valence-electron chi connectivity index (χ4n) is 4.59. The zero-order valence-electron chi connectivity index (χ0n) is 17.6. The van der Waals surface area contributed by atoms with E-state index in [-0.39, 0.29) is 0 Å². The Morgan fingerprint density at radius 1 is 1.10 bits per heavy atom. The molecule has 0 spiro atoms. The summed E-state index contributed by atoms with van der Waals surface area (Å²) >= 11 is 0. The number of likely N-dealkylation sites (tertiary alicyclic amines) is 1. The van der Waals surface area contributed by atoms with Gasteiger partial charge in [0.1, 0.15) is 5.75 Å². The van der Waals surface area contributed by atoms with Gasteiger partial charge in [-0.05, 0) is 60.5 Å². The maximum Gasteiger partial charge on any atom is 0.123 e. The van der Waals surface area contributed by atoms with E-state index in [1.165, 1.54) is 34.7 Å². The van der Waals surface area contributed by atoms with Gasteiger partial charge in [-0.15, -0.1) is 0 Å². The first-order chi connectivity index (χ1) is 14.3. The number of rotatable bonds is 7. The molecular weight excluding hydrogens is 358 g/mol. The molecular formula is C25H31N3O. The highest BCUT2D eigenvalue weighted by atomic mass is 16.5. The summed E-state index contributed by atoms with van der Waals surface area (Å²) in [7, 11) is 1.78. The Morgan fingerprint density at radius 3 is 2.72 bits per heavy atom. The van der Waals surface area contributed by atoms with Gasteiger partial charge < -0.3 is 4.74 Å². The molecule has 1 aromatic heterocycles. The molecule has 152 valence electrons. The number of fused-ring (bicyclic) bond motifs is 1. The lowest BCUT2D eigenvalue weighted by atomic mass is 9.99. The third-order valence-electron chi connectivity index (χ3n) is 6.14. The molecule has 4 heteroatoms. The van der Waals surface area contributed by atoms with Gasteiger partial charge in [0, 0.05) is 43.6 Å². The summed E-state index contributed by atoms with van der Waals surface area (Å²) in [6, 6.07) is 17.7. The summed E-state index contributed by atoms with van der Waals surface area (Å²) in [6.45, 7) is 7.52. The molecule has 0 bridgehead atoms. The zero-order chi connectivity index (χ0) is 20.1. The Balaban J connectivity index is 1.51. The van der Waals surface area contributed by atoms with Crippen LogP contribution < -0.4 is 4.74 Å². The van der Waals surface area contributed by atoms with Crippen LogP contribution in [0, 0.1) is 0 Å². The highest BCUT2D eigenvalue weighted by Gasteiger charge is 2.25. The van der Waals surface area contributed by atoms with Crippen LogP contribution in [0.5, 0.6) is 5.75 Å². The second kappa shape index (κ2) is 9.38. The lowest BCUT2D eigenvalue weighted by Crippen LogP contribution is -2.47. The van der Waals surface area contributed by atoms with Crippen LogP contribution in [-0.2, 0) is 13.1 Å². The third-order valence-corrected chi connectivity index (χ3v) is 6.14. The van der Waals surface area contributed by atoms with E-state index in [2.05, 4.69) is 70.2 Å². The molecule has 2 aromatic carbocycles. The van der Waals surface area contributed by atoms with Gasteiger partial charge in [-0.25, -0.2) is 0 Å².